The van der Waals surface area contributed by atoms with Crippen molar-refractivity contribution >= 4 is 5.97 Å². The predicted octanol–water partition coefficient (Wildman–Crippen LogP) is 4.61. The van der Waals surface area contributed by atoms with Crippen LogP contribution in [-0.4, -0.2) is 24.2 Å². The molecule has 3 heteroatoms. The first-order valence-electron chi connectivity index (χ1n) is 8.40. The van der Waals surface area contributed by atoms with Crippen molar-refractivity contribution in [1.82, 2.24) is 5.32 Å². The van der Waals surface area contributed by atoms with Crippen LogP contribution in [0.2, 0.25) is 0 Å². The minimum atomic E-state index is -0.686. The van der Waals surface area contributed by atoms with Gasteiger partial charge in [-0.1, -0.05) is 59.3 Å². The van der Waals surface area contributed by atoms with E-state index in [1.165, 1.54) is 44.9 Å². The molecule has 0 atom stereocenters. The Morgan fingerprint density at radius 1 is 0.950 bits per heavy atom. The molecule has 120 valence electrons. The molecular weight excluding hydrogens is 250 g/mol. The Kier molecular flexibility index (Phi) is 11.8. The molecule has 0 spiro atoms. The lowest BCUT2D eigenvalue weighted by atomic mass is 9.84. The molecule has 0 aromatic rings. The first-order chi connectivity index (χ1) is 9.48. The van der Waals surface area contributed by atoms with E-state index in [2.05, 4.69) is 26.1 Å². The van der Waals surface area contributed by atoms with Gasteiger partial charge in [-0.2, -0.15) is 0 Å². The molecule has 0 saturated carbocycles. The summed E-state index contributed by atoms with van der Waals surface area (Å²) in [5.74, 6) is -0.686. The Hall–Kier alpha value is -0.570. The van der Waals surface area contributed by atoms with Gasteiger partial charge in [0, 0.05) is 6.42 Å². The summed E-state index contributed by atoms with van der Waals surface area (Å²) in [4.78, 5) is 10.6. The van der Waals surface area contributed by atoms with Gasteiger partial charge in [0.15, 0.2) is 0 Å². The Labute approximate surface area is 125 Å². The SMILES string of the molecule is CCCCCCCCCNCCC(C)(C)CCC(=O)O. The second-order valence-corrected chi connectivity index (χ2v) is 6.68. The maximum atomic E-state index is 10.6. The minimum absolute atomic E-state index is 0.130. The van der Waals surface area contributed by atoms with Crippen LogP contribution in [0.3, 0.4) is 0 Å². The van der Waals surface area contributed by atoms with E-state index in [1.807, 2.05) is 0 Å². The number of hydrogen-bond acceptors (Lipinski definition) is 2. The number of unbranched alkanes of at least 4 members (excludes halogenated alkanes) is 6. The van der Waals surface area contributed by atoms with Crippen molar-refractivity contribution in [2.45, 2.75) is 85.0 Å². The van der Waals surface area contributed by atoms with Gasteiger partial charge in [0.1, 0.15) is 0 Å². The van der Waals surface area contributed by atoms with Gasteiger partial charge >= 0.3 is 5.97 Å². The van der Waals surface area contributed by atoms with E-state index in [1.54, 1.807) is 0 Å². The summed E-state index contributed by atoms with van der Waals surface area (Å²) in [7, 11) is 0. The minimum Gasteiger partial charge on any atom is -0.481 e. The van der Waals surface area contributed by atoms with Crippen LogP contribution in [0.5, 0.6) is 0 Å². The molecule has 0 aliphatic rings. The van der Waals surface area contributed by atoms with Crippen molar-refractivity contribution in [2.24, 2.45) is 5.41 Å². The smallest absolute Gasteiger partial charge is 0.303 e. The van der Waals surface area contributed by atoms with Crippen LogP contribution >= 0.6 is 0 Å². The molecule has 20 heavy (non-hydrogen) atoms. The van der Waals surface area contributed by atoms with E-state index in [9.17, 15) is 4.79 Å². The molecular formula is C17H35NO2. The Balaban J connectivity index is 3.32. The average Bonchev–Trinajstić information content (AvgIpc) is 2.39. The van der Waals surface area contributed by atoms with E-state index in [-0.39, 0.29) is 11.8 Å². The van der Waals surface area contributed by atoms with Crippen LogP contribution in [0.15, 0.2) is 0 Å². The van der Waals surface area contributed by atoms with Crippen LogP contribution in [0.1, 0.15) is 85.0 Å². The number of carboxylic acid groups (broad SMARTS) is 1. The molecule has 0 fully saturated rings. The predicted molar refractivity (Wildman–Crippen MR) is 86.1 cm³/mol. The van der Waals surface area contributed by atoms with Crippen LogP contribution in [-0.2, 0) is 4.79 Å². The van der Waals surface area contributed by atoms with E-state index in [0.29, 0.717) is 0 Å². The summed E-state index contributed by atoms with van der Waals surface area (Å²) in [6.45, 7) is 8.67. The fourth-order valence-electron chi connectivity index (χ4n) is 2.33. The summed E-state index contributed by atoms with van der Waals surface area (Å²) in [5, 5.41) is 12.2. The zero-order valence-corrected chi connectivity index (χ0v) is 13.8. The monoisotopic (exact) mass is 285 g/mol. The molecule has 0 bridgehead atoms. The third-order valence-electron chi connectivity index (χ3n) is 3.95. The van der Waals surface area contributed by atoms with Gasteiger partial charge < -0.3 is 10.4 Å². The maximum absolute atomic E-state index is 10.6. The van der Waals surface area contributed by atoms with Gasteiger partial charge in [-0.05, 0) is 37.8 Å². The summed E-state index contributed by atoms with van der Waals surface area (Å²) in [6, 6.07) is 0. The lowest BCUT2D eigenvalue weighted by Gasteiger charge is -2.23. The fraction of sp³-hybridized carbons (Fsp3) is 0.941. The first kappa shape index (κ1) is 19.4. The van der Waals surface area contributed by atoms with Gasteiger partial charge in [-0.3, -0.25) is 4.79 Å². The molecule has 0 aliphatic carbocycles. The first-order valence-corrected chi connectivity index (χ1v) is 8.40. The van der Waals surface area contributed by atoms with E-state index in [4.69, 9.17) is 5.11 Å². The molecule has 0 saturated heterocycles. The van der Waals surface area contributed by atoms with Crippen molar-refractivity contribution in [3.63, 3.8) is 0 Å². The van der Waals surface area contributed by atoms with Gasteiger partial charge in [0.2, 0.25) is 0 Å². The highest BCUT2D eigenvalue weighted by Crippen LogP contribution is 2.25. The van der Waals surface area contributed by atoms with Gasteiger partial charge in [-0.25, -0.2) is 0 Å². The lowest BCUT2D eigenvalue weighted by Crippen LogP contribution is -2.23. The molecule has 0 aromatic carbocycles. The number of carboxylic acids is 1. The van der Waals surface area contributed by atoms with Crippen molar-refractivity contribution in [3.05, 3.63) is 0 Å². The zero-order valence-electron chi connectivity index (χ0n) is 13.8. The van der Waals surface area contributed by atoms with Crippen molar-refractivity contribution in [1.29, 1.82) is 0 Å². The number of rotatable bonds is 14. The maximum Gasteiger partial charge on any atom is 0.303 e. The fourth-order valence-corrected chi connectivity index (χ4v) is 2.33. The van der Waals surface area contributed by atoms with E-state index in [0.717, 1.165) is 25.9 Å². The molecule has 0 rings (SSSR count). The summed E-state index contributed by atoms with van der Waals surface area (Å²) in [6.07, 6.45) is 11.5. The van der Waals surface area contributed by atoms with Crippen molar-refractivity contribution < 1.29 is 9.90 Å². The molecule has 3 nitrogen and oxygen atoms in total. The Morgan fingerprint density at radius 2 is 1.55 bits per heavy atom. The highest BCUT2D eigenvalue weighted by atomic mass is 16.4. The Bertz CT molecular complexity index is 239. The lowest BCUT2D eigenvalue weighted by molar-refractivity contribution is -0.137. The van der Waals surface area contributed by atoms with Crippen LogP contribution in [0, 0.1) is 5.41 Å². The second kappa shape index (κ2) is 12.2. The third-order valence-corrected chi connectivity index (χ3v) is 3.95. The molecule has 2 N–H and O–H groups in total. The number of carbonyl (C=O) groups is 1. The zero-order chi connectivity index (χ0) is 15.3. The van der Waals surface area contributed by atoms with Crippen LogP contribution in [0.4, 0.5) is 0 Å². The quantitative estimate of drug-likeness (QED) is 0.458. The molecule has 0 aromatic heterocycles. The molecule has 0 aliphatic heterocycles. The number of aliphatic carboxylic acids is 1. The van der Waals surface area contributed by atoms with Gasteiger partial charge in [-0.15, -0.1) is 0 Å². The average molecular weight is 285 g/mol. The largest absolute Gasteiger partial charge is 0.481 e. The molecule has 0 unspecified atom stereocenters. The van der Waals surface area contributed by atoms with Gasteiger partial charge in [0.05, 0.1) is 0 Å². The molecule has 0 heterocycles. The Morgan fingerprint density at radius 3 is 2.15 bits per heavy atom. The van der Waals surface area contributed by atoms with Gasteiger partial charge in [0.25, 0.3) is 0 Å². The number of hydrogen-bond donors (Lipinski definition) is 2. The number of nitrogens with one attached hydrogen (secondary N) is 1. The standard InChI is InChI=1S/C17H35NO2/c1-4-5-6-7-8-9-10-14-18-15-13-17(2,3)12-11-16(19)20/h18H,4-15H2,1-3H3,(H,19,20). The van der Waals surface area contributed by atoms with E-state index < -0.39 is 5.97 Å². The summed E-state index contributed by atoms with van der Waals surface area (Å²) >= 11 is 0. The molecule has 0 amide bonds. The normalized spacial score (nSPS) is 11.8. The van der Waals surface area contributed by atoms with Crippen molar-refractivity contribution in [3.8, 4) is 0 Å². The summed E-state index contributed by atoms with van der Waals surface area (Å²) < 4.78 is 0. The molecule has 0 radical (unpaired) electrons. The van der Waals surface area contributed by atoms with Crippen molar-refractivity contribution in [2.75, 3.05) is 13.1 Å². The van der Waals surface area contributed by atoms with Crippen LogP contribution < -0.4 is 5.32 Å². The van der Waals surface area contributed by atoms with E-state index >= 15 is 0 Å². The summed E-state index contributed by atoms with van der Waals surface area (Å²) in [5.41, 5.74) is 0.130. The topological polar surface area (TPSA) is 49.3 Å². The second-order valence-electron chi connectivity index (χ2n) is 6.68. The highest BCUT2D eigenvalue weighted by Gasteiger charge is 2.18. The highest BCUT2D eigenvalue weighted by molar-refractivity contribution is 5.66. The van der Waals surface area contributed by atoms with Crippen LogP contribution in [0.25, 0.3) is 0 Å². The third kappa shape index (κ3) is 13.9.